The molecular weight excluding hydrogens is 420 g/mol. The molecule has 12 heteroatoms. The topological polar surface area (TPSA) is 170 Å². The lowest BCUT2D eigenvalue weighted by Gasteiger charge is -2.37. The zero-order valence-corrected chi connectivity index (χ0v) is 17.2. The van der Waals surface area contributed by atoms with E-state index in [4.69, 9.17) is 33.5 Å². The van der Waals surface area contributed by atoms with Gasteiger partial charge in [0.05, 0.1) is 34.0 Å². The third-order valence-electron chi connectivity index (χ3n) is 4.48. The molecule has 1 aliphatic rings. The number of methoxy groups -OCH3 is 4. The molecule has 1 aromatic rings. The number of hydrogen-bond donors (Lipinski definition) is 4. The number of carboxylic acids is 1. The molecule has 0 unspecified atom stereocenters. The average Bonchev–Trinajstić information content (AvgIpc) is 2.76. The van der Waals surface area contributed by atoms with Crippen LogP contribution in [0.2, 0.25) is 0 Å². The number of carbonyl (C=O) groups excluding carboxylic acids is 1. The van der Waals surface area contributed by atoms with Crippen molar-refractivity contribution in [2.24, 2.45) is 0 Å². The first kappa shape index (κ1) is 24.2. The van der Waals surface area contributed by atoms with E-state index in [1.54, 1.807) is 0 Å². The van der Waals surface area contributed by atoms with Crippen molar-refractivity contribution in [2.45, 2.75) is 30.7 Å². The molecule has 0 amide bonds. The maximum absolute atomic E-state index is 12.2. The zero-order valence-electron chi connectivity index (χ0n) is 17.2. The normalized spacial score (nSPS) is 25.7. The van der Waals surface area contributed by atoms with Crippen LogP contribution in [0.3, 0.4) is 0 Å². The van der Waals surface area contributed by atoms with E-state index in [0.29, 0.717) is 11.3 Å². The summed E-state index contributed by atoms with van der Waals surface area (Å²) in [6, 6.07) is 1.51. The summed E-state index contributed by atoms with van der Waals surface area (Å²) in [6.45, 7) is 0. The molecule has 172 valence electrons. The predicted molar refractivity (Wildman–Crippen MR) is 102 cm³/mol. The average molecular weight is 444 g/mol. The van der Waals surface area contributed by atoms with Crippen LogP contribution in [0.4, 0.5) is 0 Å². The van der Waals surface area contributed by atoms with E-state index in [2.05, 4.69) is 0 Å². The van der Waals surface area contributed by atoms with Crippen LogP contribution < -0.4 is 18.9 Å². The minimum atomic E-state index is -1.90. The Morgan fingerprint density at radius 2 is 1.52 bits per heavy atom. The lowest BCUT2D eigenvalue weighted by Crippen LogP contribution is -2.60. The smallest absolute Gasteiger partial charge is 0.335 e. The standard InChI is InChI=1S/C19H24O12/c1-26-9-7-10(27-2)16(29-4)15(28-3)8(9)5-6-11(20)30-19-14(23)12(21)13(22)17(31-19)18(24)25/h5-7,12-14,17,19,21-23H,1-4H3,(H,24,25)/b6-5+/t12-,13-,14+,17-,19+/m0/s1. The highest BCUT2D eigenvalue weighted by Crippen LogP contribution is 2.45. The van der Waals surface area contributed by atoms with Gasteiger partial charge in [0.2, 0.25) is 12.0 Å². The van der Waals surface area contributed by atoms with Crippen LogP contribution in [0.1, 0.15) is 5.56 Å². The maximum atomic E-state index is 12.2. The van der Waals surface area contributed by atoms with Crippen molar-refractivity contribution in [1.29, 1.82) is 0 Å². The molecule has 12 nitrogen and oxygen atoms in total. The highest BCUT2D eigenvalue weighted by atomic mass is 16.7. The summed E-state index contributed by atoms with van der Waals surface area (Å²) < 4.78 is 30.9. The molecule has 5 atom stereocenters. The van der Waals surface area contributed by atoms with Crippen LogP contribution in [-0.4, -0.2) is 91.5 Å². The Bertz CT molecular complexity index is 836. The molecule has 1 aliphatic heterocycles. The zero-order chi connectivity index (χ0) is 23.3. The Hall–Kier alpha value is -3.06. The van der Waals surface area contributed by atoms with Crippen molar-refractivity contribution in [3.63, 3.8) is 0 Å². The molecule has 2 rings (SSSR count). The monoisotopic (exact) mass is 444 g/mol. The molecular formula is C19H24O12. The number of carbonyl (C=O) groups is 2. The van der Waals surface area contributed by atoms with E-state index in [9.17, 15) is 24.9 Å². The molecule has 0 spiro atoms. The highest BCUT2D eigenvalue weighted by molar-refractivity contribution is 5.89. The second-order valence-corrected chi connectivity index (χ2v) is 6.27. The Labute approximate surface area is 177 Å². The number of aliphatic hydroxyl groups excluding tert-OH is 3. The molecule has 0 aromatic heterocycles. The van der Waals surface area contributed by atoms with Gasteiger partial charge in [-0.25, -0.2) is 9.59 Å². The molecule has 0 bridgehead atoms. The van der Waals surface area contributed by atoms with Gasteiger partial charge < -0.3 is 48.8 Å². The summed E-state index contributed by atoms with van der Waals surface area (Å²) in [5.41, 5.74) is 0.295. The number of hydrogen-bond acceptors (Lipinski definition) is 11. The number of esters is 1. The molecule has 1 heterocycles. The number of aliphatic carboxylic acids is 1. The van der Waals surface area contributed by atoms with Gasteiger partial charge in [0, 0.05) is 12.1 Å². The fourth-order valence-corrected chi connectivity index (χ4v) is 2.94. The van der Waals surface area contributed by atoms with Gasteiger partial charge in [0.15, 0.2) is 17.6 Å². The highest BCUT2D eigenvalue weighted by Gasteiger charge is 2.48. The Morgan fingerprint density at radius 3 is 2.03 bits per heavy atom. The molecule has 1 saturated heterocycles. The van der Waals surface area contributed by atoms with E-state index < -0.39 is 42.6 Å². The van der Waals surface area contributed by atoms with Crippen LogP contribution in [0, 0.1) is 0 Å². The molecule has 31 heavy (non-hydrogen) atoms. The summed E-state index contributed by atoms with van der Waals surface area (Å²) in [7, 11) is 5.59. The van der Waals surface area contributed by atoms with Gasteiger partial charge >= 0.3 is 11.9 Å². The van der Waals surface area contributed by atoms with Crippen LogP contribution in [-0.2, 0) is 19.1 Å². The number of aliphatic hydroxyl groups is 3. The fraction of sp³-hybridized carbons (Fsp3) is 0.474. The number of carboxylic acid groups (broad SMARTS) is 1. The van der Waals surface area contributed by atoms with E-state index in [1.807, 2.05) is 0 Å². The molecule has 1 fully saturated rings. The molecule has 1 aromatic carbocycles. The van der Waals surface area contributed by atoms with E-state index >= 15 is 0 Å². The van der Waals surface area contributed by atoms with Crippen molar-refractivity contribution in [3.8, 4) is 23.0 Å². The van der Waals surface area contributed by atoms with E-state index in [0.717, 1.165) is 6.08 Å². The minimum Gasteiger partial charge on any atom is -0.496 e. The van der Waals surface area contributed by atoms with Crippen molar-refractivity contribution in [1.82, 2.24) is 0 Å². The summed E-state index contributed by atoms with van der Waals surface area (Å²) in [4.78, 5) is 23.4. The lowest BCUT2D eigenvalue weighted by molar-refractivity contribution is -0.284. The molecule has 0 aliphatic carbocycles. The summed E-state index contributed by atoms with van der Waals surface area (Å²) in [5, 5.41) is 38.4. The third-order valence-corrected chi connectivity index (χ3v) is 4.48. The van der Waals surface area contributed by atoms with Crippen LogP contribution >= 0.6 is 0 Å². The quantitative estimate of drug-likeness (QED) is 0.290. The van der Waals surface area contributed by atoms with Crippen molar-refractivity contribution < 1.29 is 58.4 Å². The molecule has 0 saturated carbocycles. The second kappa shape index (κ2) is 10.3. The summed E-state index contributed by atoms with van der Waals surface area (Å²) in [6.07, 6.45) is -7.18. The second-order valence-electron chi connectivity index (χ2n) is 6.27. The number of benzene rings is 1. The summed E-state index contributed by atoms with van der Waals surface area (Å²) in [5.74, 6) is -1.61. The van der Waals surface area contributed by atoms with Gasteiger partial charge in [-0.1, -0.05) is 0 Å². The number of rotatable bonds is 8. The Kier molecular flexibility index (Phi) is 8.05. The molecule has 4 N–H and O–H groups in total. The van der Waals surface area contributed by atoms with Crippen molar-refractivity contribution in [2.75, 3.05) is 28.4 Å². The SMILES string of the molecule is COc1cc(OC)c(OC)c(OC)c1/C=C/C(=O)O[C@@H]1O[C@H](C(=O)O)[C@@H](O)[C@H](O)[C@H]1O. The fourth-order valence-electron chi connectivity index (χ4n) is 2.94. The maximum Gasteiger partial charge on any atom is 0.335 e. The van der Waals surface area contributed by atoms with Gasteiger partial charge in [-0.05, 0) is 6.08 Å². The van der Waals surface area contributed by atoms with Crippen molar-refractivity contribution >= 4 is 18.0 Å². The Morgan fingerprint density at radius 1 is 0.903 bits per heavy atom. The van der Waals surface area contributed by atoms with Crippen LogP contribution in [0.25, 0.3) is 6.08 Å². The minimum absolute atomic E-state index is 0.196. The predicted octanol–water partition coefficient (Wildman–Crippen LogP) is -0.830. The van der Waals surface area contributed by atoms with Gasteiger partial charge in [0.25, 0.3) is 0 Å². The van der Waals surface area contributed by atoms with E-state index in [1.165, 1.54) is 40.6 Å². The van der Waals surface area contributed by atoms with Gasteiger partial charge in [-0.3, -0.25) is 0 Å². The van der Waals surface area contributed by atoms with Crippen LogP contribution in [0.15, 0.2) is 12.1 Å². The molecule has 0 radical (unpaired) electrons. The van der Waals surface area contributed by atoms with Gasteiger partial charge in [0.1, 0.15) is 24.1 Å². The largest absolute Gasteiger partial charge is 0.496 e. The van der Waals surface area contributed by atoms with Gasteiger partial charge in [-0.2, -0.15) is 0 Å². The first-order valence-corrected chi connectivity index (χ1v) is 8.88. The Balaban J connectivity index is 2.28. The van der Waals surface area contributed by atoms with E-state index in [-0.39, 0.29) is 17.2 Å². The van der Waals surface area contributed by atoms with Gasteiger partial charge in [-0.15, -0.1) is 0 Å². The summed E-state index contributed by atoms with van der Waals surface area (Å²) >= 11 is 0. The number of ether oxygens (including phenoxy) is 6. The first-order valence-electron chi connectivity index (χ1n) is 8.88. The van der Waals surface area contributed by atoms with Crippen LogP contribution in [0.5, 0.6) is 23.0 Å². The lowest BCUT2D eigenvalue weighted by atomic mass is 9.99. The first-order chi connectivity index (χ1) is 14.7. The third kappa shape index (κ3) is 4.99. The van der Waals surface area contributed by atoms with Crippen molar-refractivity contribution in [3.05, 3.63) is 17.7 Å².